The highest BCUT2D eigenvalue weighted by Gasteiger charge is 2.30. The number of aliphatic hydroxyl groups excluding tert-OH is 1. The van der Waals surface area contributed by atoms with Crippen LogP contribution < -0.4 is 10.6 Å². The van der Waals surface area contributed by atoms with E-state index in [2.05, 4.69) is 10.6 Å². The lowest BCUT2D eigenvalue weighted by molar-refractivity contribution is -0.137. The zero-order chi connectivity index (χ0) is 16.2. The van der Waals surface area contributed by atoms with Gasteiger partial charge in [-0.3, -0.25) is 0 Å². The molecule has 116 valence electrons. The van der Waals surface area contributed by atoms with Gasteiger partial charge in [0.15, 0.2) is 5.11 Å². The maximum atomic E-state index is 12.6. The molecule has 0 fully saturated rings. The summed E-state index contributed by atoms with van der Waals surface area (Å²) in [5.74, 6) is 0. The van der Waals surface area contributed by atoms with E-state index in [-0.39, 0.29) is 17.4 Å². The number of nitrogens with one attached hydrogen (secondary N) is 2. The molecule has 3 N–H and O–H groups in total. The second-order valence-electron chi connectivity index (χ2n) is 4.47. The number of hydrogen-bond acceptors (Lipinski definition) is 2. The summed E-state index contributed by atoms with van der Waals surface area (Å²) in [6.45, 7) is -0.171. The van der Waals surface area contributed by atoms with Crippen molar-refractivity contribution in [3.63, 3.8) is 0 Å². The van der Waals surface area contributed by atoms with Gasteiger partial charge in [0.25, 0.3) is 0 Å². The van der Waals surface area contributed by atoms with Crippen molar-refractivity contribution in [2.45, 2.75) is 12.8 Å². The minimum Gasteiger partial charge on any atom is -0.392 e. The maximum Gasteiger partial charge on any atom is 0.416 e. The quantitative estimate of drug-likeness (QED) is 0.746. The minimum atomic E-state index is -4.41. The van der Waals surface area contributed by atoms with Crippen LogP contribution in [0.3, 0.4) is 0 Å². The second-order valence-corrected chi connectivity index (χ2v) is 4.88. The molecule has 0 radical (unpaired) electrons. The first-order valence-corrected chi connectivity index (χ1v) is 6.75. The van der Waals surface area contributed by atoms with Gasteiger partial charge in [0, 0.05) is 16.9 Å². The summed E-state index contributed by atoms with van der Waals surface area (Å²) in [6, 6.07) is 11.7. The first kappa shape index (κ1) is 16.3. The zero-order valence-electron chi connectivity index (χ0n) is 11.3. The van der Waals surface area contributed by atoms with Crippen molar-refractivity contribution in [2.75, 3.05) is 10.6 Å². The smallest absolute Gasteiger partial charge is 0.392 e. The molecule has 2 aromatic carbocycles. The van der Waals surface area contributed by atoms with Crippen LogP contribution in [-0.4, -0.2) is 10.2 Å². The normalized spacial score (nSPS) is 11.1. The lowest BCUT2D eigenvalue weighted by Crippen LogP contribution is -2.20. The van der Waals surface area contributed by atoms with E-state index in [9.17, 15) is 18.3 Å². The number of anilines is 2. The third kappa shape index (κ3) is 4.19. The van der Waals surface area contributed by atoms with Crippen molar-refractivity contribution in [1.29, 1.82) is 0 Å². The molecule has 0 aliphatic carbocycles. The summed E-state index contributed by atoms with van der Waals surface area (Å²) in [7, 11) is 0. The van der Waals surface area contributed by atoms with Crippen LogP contribution in [0.15, 0.2) is 48.5 Å². The van der Waals surface area contributed by atoms with Crippen LogP contribution in [0.4, 0.5) is 24.5 Å². The molecule has 2 rings (SSSR count). The van der Waals surface area contributed by atoms with Crippen LogP contribution in [0.1, 0.15) is 11.1 Å². The summed E-state index contributed by atoms with van der Waals surface area (Å²) in [5.41, 5.74) is 0.704. The predicted molar refractivity (Wildman–Crippen MR) is 83.7 cm³/mol. The summed E-state index contributed by atoms with van der Waals surface area (Å²) in [5, 5.41) is 14.9. The van der Waals surface area contributed by atoms with E-state index in [4.69, 9.17) is 12.2 Å². The number of benzene rings is 2. The van der Waals surface area contributed by atoms with E-state index in [0.29, 0.717) is 11.3 Å². The third-order valence-electron chi connectivity index (χ3n) is 2.88. The minimum absolute atomic E-state index is 0.139. The molecule has 2 aromatic rings. The van der Waals surface area contributed by atoms with Crippen LogP contribution in [0.2, 0.25) is 0 Å². The van der Waals surface area contributed by atoms with E-state index < -0.39 is 11.7 Å². The number of alkyl halides is 3. The van der Waals surface area contributed by atoms with Crippen molar-refractivity contribution >= 4 is 28.7 Å². The number of aliphatic hydroxyl groups is 1. The van der Waals surface area contributed by atoms with Gasteiger partial charge in [-0.15, -0.1) is 0 Å². The van der Waals surface area contributed by atoms with Crippen LogP contribution in [0.25, 0.3) is 0 Å². The fourth-order valence-electron chi connectivity index (χ4n) is 1.84. The number of rotatable bonds is 3. The Balaban J connectivity index is 2.09. The molecule has 3 nitrogen and oxygen atoms in total. The van der Waals surface area contributed by atoms with Crippen LogP contribution in [0.5, 0.6) is 0 Å². The highest BCUT2D eigenvalue weighted by molar-refractivity contribution is 7.80. The summed E-state index contributed by atoms with van der Waals surface area (Å²) >= 11 is 5.08. The summed E-state index contributed by atoms with van der Waals surface area (Å²) < 4.78 is 37.9. The van der Waals surface area contributed by atoms with Gasteiger partial charge in [-0.05, 0) is 36.5 Å². The molecule has 0 saturated carbocycles. The molecule has 0 heterocycles. The Labute approximate surface area is 130 Å². The van der Waals surface area contributed by atoms with E-state index in [1.165, 1.54) is 12.1 Å². The fourth-order valence-corrected chi connectivity index (χ4v) is 2.07. The van der Waals surface area contributed by atoms with E-state index >= 15 is 0 Å². The lowest BCUT2D eigenvalue weighted by Gasteiger charge is -2.14. The third-order valence-corrected chi connectivity index (χ3v) is 3.09. The van der Waals surface area contributed by atoms with Gasteiger partial charge in [-0.2, -0.15) is 13.2 Å². The van der Waals surface area contributed by atoms with Gasteiger partial charge < -0.3 is 15.7 Å². The first-order valence-electron chi connectivity index (χ1n) is 6.34. The van der Waals surface area contributed by atoms with Crippen molar-refractivity contribution in [1.82, 2.24) is 0 Å². The highest BCUT2D eigenvalue weighted by atomic mass is 32.1. The van der Waals surface area contributed by atoms with Crippen molar-refractivity contribution in [2.24, 2.45) is 0 Å². The van der Waals surface area contributed by atoms with Crippen LogP contribution in [-0.2, 0) is 12.8 Å². The Morgan fingerprint density at radius 2 is 1.77 bits per heavy atom. The number of hydrogen-bond donors (Lipinski definition) is 3. The number of thiocarbonyl (C=S) groups is 1. The predicted octanol–water partition coefficient (Wildman–Crippen LogP) is 4.01. The summed E-state index contributed by atoms with van der Waals surface area (Å²) in [4.78, 5) is 0. The first-order chi connectivity index (χ1) is 10.4. The molecule has 22 heavy (non-hydrogen) atoms. The molecule has 0 unspecified atom stereocenters. The van der Waals surface area contributed by atoms with Gasteiger partial charge >= 0.3 is 6.18 Å². The Morgan fingerprint density at radius 3 is 2.45 bits per heavy atom. The lowest BCUT2D eigenvalue weighted by atomic mass is 10.2. The molecule has 0 atom stereocenters. The molecule has 7 heteroatoms. The average molecular weight is 326 g/mol. The fraction of sp³-hybridized carbons (Fsp3) is 0.133. The molecular weight excluding hydrogens is 313 g/mol. The maximum absolute atomic E-state index is 12.6. The Bertz CT molecular complexity index is 674. The number of para-hydroxylation sites is 1. The Kier molecular flexibility index (Phi) is 4.99. The van der Waals surface area contributed by atoms with Crippen molar-refractivity contribution in [3.8, 4) is 0 Å². The molecule has 0 bridgehead atoms. The van der Waals surface area contributed by atoms with Crippen molar-refractivity contribution < 1.29 is 18.3 Å². The highest BCUT2D eigenvalue weighted by Crippen LogP contribution is 2.30. The Hall–Kier alpha value is -2.12. The molecule has 0 aromatic heterocycles. The molecule has 0 aliphatic heterocycles. The van der Waals surface area contributed by atoms with Gasteiger partial charge in [-0.1, -0.05) is 24.3 Å². The van der Waals surface area contributed by atoms with Gasteiger partial charge in [0.05, 0.1) is 12.2 Å². The molecule has 0 amide bonds. The number of halogens is 3. The van der Waals surface area contributed by atoms with E-state index in [1.807, 2.05) is 0 Å². The Morgan fingerprint density at radius 1 is 1.05 bits per heavy atom. The molecule has 0 saturated heterocycles. The topological polar surface area (TPSA) is 44.3 Å². The average Bonchev–Trinajstić information content (AvgIpc) is 2.47. The van der Waals surface area contributed by atoms with Crippen molar-refractivity contribution in [3.05, 3.63) is 59.7 Å². The second kappa shape index (κ2) is 6.76. The largest absolute Gasteiger partial charge is 0.416 e. The molecule has 0 spiro atoms. The van der Waals surface area contributed by atoms with Crippen LogP contribution in [0, 0.1) is 0 Å². The van der Waals surface area contributed by atoms with Gasteiger partial charge in [0.1, 0.15) is 0 Å². The molecule has 0 aliphatic rings. The monoisotopic (exact) mass is 326 g/mol. The van der Waals surface area contributed by atoms with E-state index in [0.717, 1.165) is 12.1 Å². The standard InChI is InChI=1S/C15H13F3N2OS/c16-15(17,18)11-5-3-6-12(8-11)19-14(22)20-13-7-2-1-4-10(13)9-21/h1-8,21H,9H2,(H2,19,20,22). The van der Waals surface area contributed by atoms with Gasteiger partial charge in [0.2, 0.25) is 0 Å². The molecular formula is C15H13F3N2OS. The van der Waals surface area contributed by atoms with Crippen LogP contribution >= 0.6 is 12.2 Å². The zero-order valence-corrected chi connectivity index (χ0v) is 12.1. The van der Waals surface area contributed by atoms with E-state index in [1.54, 1.807) is 24.3 Å². The SMILES string of the molecule is OCc1ccccc1NC(=S)Nc1cccc(C(F)(F)F)c1. The summed E-state index contributed by atoms with van der Waals surface area (Å²) in [6.07, 6.45) is -4.41. The van der Waals surface area contributed by atoms with Gasteiger partial charge in [-0.25, -0.2) is 0 Å².